The molecule has 0 bridgehead atoms. The van der Waals surface area contributed by atoms with E-state index in [0.29, 0.717) is 0 Å². The molecule has 0 saturated carbocycles. The Hall–Kier alpha value is -0.950. The number of hydrogen-bond acceptors (Lipinski definition) is 0. The molecule has 1 heterocycles. The summed E-state index contributed by atoms with van der Waals surface area (Å²) < 4.78 is 0. The van der Waals surface area contributed by atoms with Crippen LogP contribution in [0.5, 0.6) is 0 Å². The normalized spacial score (nSPS) is 10.8. The second kappa shape index (κ2) is 9.89. The van der Waals surface area contributed by atoms with Crippen molar-refractivity contribution in [1.82, 2.24) is 4.98 Å². The fourth-order valence-corrected chi connectivity index (χ4v) is 3.09. The quantitative estimate of drug-likeness (QED) is 0.513. The molecule has 0 saturated heterocycles. The van der Waals surface area contributed by atoms with Gasteiger partial charge in [-0.05, 0) is 30.9 Å². The van der Waals surface area contributed by atoms with Crippen molar-refractivity contribution < 1.29 is 0 Å². The second-order valence-electron chi connectivity index (χ2n) is 5.90. The lowest BCUT2D eigenvalue weighted by Gasteiger charge is -2.04. The summed E-state index contributed by atoms with van der Waals surface area (Å²) in [6, 6.07) is 8.76. The Bertz CT molecular complexity index is 515. The van der Waals surface area contributed by atoms with Crippen LogP contribution < -0.4 is 0 Å². The summed E-state index contributed by atoms with van der Waals surface area (Å²) in [5.74, 6) is 0. The van der Waals surface area contributed by atoms with Gasteiger partial charge in [0.2, 0.25) is 0 Å². The summed E-state index contributed by atoms with van der Waals surface area (Å²) in [5, 5.41) is 1.44. The summed E-state index contributed by atoms with van der Waals surface area (Å²) >= 11 is 0. The van der Waals surface area contributed by atoms with Crippen LogP contribution in [0.1, 0.15) is 70.1 Å². The third-order valence-corrected chi connectivity index (χ3v) is 4.18. The van der Waals surface area contributed by atoms with Gasteiger partial charge in [-0.3, -0.25) is 0 Å². The number of halogens is 1. The first-order valence-corrected chi connectivity index (χ1v) is 8.45. The van der Waals surface area contributed by atoms with Gasteiger partial charge >= 0.3 is 0 Å². The first kappa shape index (κ1) is 18.1. The largest absolute Gasteiger partial charge is 0.358 e. The smallest absolute Gasteiger partial charge is 0.0458 e. The van der Waals surface area contributed by atoms with E-state index in [1.807, 2.05) is 0 Å². The molecule has 21 heavy (non-hydrogen) atoms. The number of fused-ring (bicyclic) bond motifs is 1. The van der Waals surface area contributed by atoms with E-state index in [9.17, 15) is 0 Å². The lowest BCUT2D eigenvalue weighted by molar-refractivity contribution is 0.604. The van der Waals surface area contributed by atoms with Crippen LogP contribution in [0.25, 0.3) is 10.9 Å². The van der Waals surface area contributed by atoms with Crippen LogP contribution in [0.15, 0.2) is 24.3 Å². The molecule has 0 spiro atoms. The Morgan fingerprint density at radius 2 is 1.52 bits per heavy atom. The van der Waals surface area contributed by atoms with Gasteiger partial charge in [0.15, 0.2) is 0 Å². The Balaban J connectivity index is 0.00000220. The molecule has 1 nitrogen and oxygen atoms in total. The number of rotatable bonds is 9. The average molecular weight is 308 g/mol. The van der Waals surface area contributed by atoms with Crippen molar-refractivity contribution >= 4 is 23.3 Å². The molecule has 0 fully saturated rings. The number of hydrogen-bond donors (Lipinski definition) is 1. The highest BCUT2D eigenvalue weighted by Gasteiger charge is 2.09. The highest BCUT2D eigenvalue weighted by atomic mass is 35.5. The van der Waals surface area contributed by atoms with Crippen LogP contribution in [-0.4, -0.2) is 4.98 Å². The van der Waals surface area contributed by atoms with E-state index in [-0.39, 0.29) is 12.4 Å². The van der Waals surface area contributed by atoms with Crippen molar-refractivity contribution in [3.8, 4) is 0 Å². The van der Waals surface area contributed by atoms with Crippen molar-refractivity contribution in [2.75, 3.05) is 0 Å². The number of aromatic amines is 1. The SMILES string of the molecule is CCCCCCCCc1[nH]c2ccccc2c1CCC.Cl. The standard InChI is InChI=1S/C19H29N.ClH/c1-3-5-6-7-8-9-14-18-16(12-4-2)17-13-10-11-15-19(17)20-18;/h10-11,13,15,20H,3-9,12,14H2,1-2H3;1H. The lowest BCUT2D eigenvalue weighted by Crippen LogP contribution is -1.93. The van der Waals surface area contributed by atoms with Crippen molar-refractivity contribution in [3.63, 3.8) is 0 Å². The minimum absolute atomic E-state index is 0. The van der Waals surface area contributed by atoms with Crippen molar-refractivity contribution in [2.45, 2.75) is 71.6 Å². The third-order valence-electron chi connectivity index (χ3n) is 4.18. The van der Waals surface area contributed by atoms with Gasteiger partial charge in [0.05, 0.1) is 0 Å². The van der Waals surface area contributed by atoms with E-state index in [0.717, 1.165) is 0 Å². The Labute approximate surface area is 135 Å². The maximum atomic E-state index is 3.65. The number of H-pyrrole nitrogens is 1. The van der Waals surface area contributed by atoms with Gasteiger partial charge in [-0.2, -0.15) is 0 Å². The Morgan fingerprint density at radius 3 is 2.29 bits per heavy atom. The fourth-order valence-electron chi connectivity index (χ4n) is 3.09. The van der Waals surface area contributed by atoms with Gasteiger partial charge in [-0.25, -0.2) is 0 Å². The molecule has 1 aromatic heterocycles. The number of unbranched alkanes of at least 4 members (excludes halogenated alkanes) is 5. The van der Waals surface area contributed by atoms with E-state index in [4.69, 9.17) is 0 Å². The van der Waals surface area contributed by atoms with Crippen LogP contribution in [0.3, 0.4) is 0 Å². The van der Waals surface area contributed by atoms with Crippen molar-refractivity contribution in [2.24, 2.45) is 0 Å². The molecule has 0 aliphatic rings. The third kappa shape index (κ3) is 5.07. The van der Waals surface area contributed by atoms with Crippen molar-refractivity contribution in [1.29, 1.82) is 0 Å². The summed E-state index contributed by atoms with van der Waals surface area (Å²) in [5.41, 5.74) is 4.37. The zero-order valence-electron chi connectivity index (χ0n) is 13.6. The molecule has 118 valence electrons. The van der Waals surface area contributed by atoms with Crippen molar-refractivity contribution in [3.05, 3.63) is 35.5 Å². The first-order chi connectivity index (χ1) is 9.86. The predicted octanol–water partition coefficient (Wildman–Crippen LogP) is 6.45. The summed E-state index contributed by atoms with van der Waals surface area (Å²) in [7, 11) is 0. The molecule has 0 unspecified atom stereocenters. The molecule has 1 N–H and O–H groups in total. The monoisotopic (exact) mass is 307 g/mol. The molecule has 0 aliphatic carbocycles. The predicted molar refractivity (Wildman–Crippen MR) is 96.6 cm³/mol. The summed E-state index contributed by atoms with van der Waals surface area (Å²) in [6.07, 6.45) is 11.9. The Kier molecular flexibility index (Phi) is 8.52. The van der Waals surface area contributed by atoms with E-state index >= 15 is 0 Å². The van der Waals surface area contributed by atoms with Gasteiger partial charge in [-0.1, -0.05) is 70.6 Å². The highest BCUT2D eigenvalue weighted by molar-refractivity contribution is 5.85. The van der Waals surface area contributed by atoms with Gasteiger partial charge in [0.1, 0.15) is 0 Å². The minimum atomic E-state index is 0. The van der Waals surface area contributed by atoms with Crippen LogP contribution in [-0.2, 0) is 12.8 Å². The van der Waals surface area contributed by atoms with Crippen LogP contribution >= 0.6 is 12.4 Å². The zero-order valence-corrected chi connectivity index (χ0v) is 14.4. The minimum Gasteiger partial charge on any atom is -0.358 e. The molecule has 0 aliphatic heterocycles. The molecule has 0 atom stereocenters. The molecule has 1 aromatic carbocycles. The molecule has 2 aromatic rings. The number of aryl methyl sites for hydroxylation is 2. The molecule has 0 radical (unpaired) electrons. The number of benzene rings is 1. The van der Waals surface area contributed by atoms with E-state index < -0.39 is 0 Å². The topological polar surface area (TPSA) is 15.8 Å². The Morgan fingerprint density at radius 1 is 0.810 bits per heavy atom. The zero-order chi connectivity index (χ0) is 14.2. The van der Waals surface area contributed by atoms with Gasteiger partial charge in [0, 0.05) is 16.6 Å². The van der Waals surface area contributed by atoms with Gasteiger partial charge in [0.25, 0.3) is 0 Å². The summed E-state index contributed by atoms with van der Waals surface area (Å²) in [6.45, 7) is 4.55. The number of aromatic nitrogens is 1. The highest BCUT2D eigenvalue weighted by Crippen LogP contribution is 2.25. The molecular formula is C19H30ClN. The van der Waals surface area contributed by atoms with E-state index in [2.05, 4.69) is 43.1 Å². The van der Waals surface area contributed by atoms with E-state index in [1.165, 1.54) is 74.4 Å². The second-order valence-corrected chi connectivity index (χ2v) is 5.90. The van der Waals surface area contributed by atoms with Crippen LogP contribution in [0, 0.1) is 0 Å². The number of para-hydroxylation sites is 1. The molecule has 2 rings (SSSR count). The summed E-state index contributed by atoms with van der Waals surface area (Å²) in [4.78, 5) is 3.65. The van der Waals surface area contributed by atoms with Gasteiger partial charge < -0.3 is 4.98 Å². The van der Waals surface area contributed by atoms with Crippen LogP contribution in [0.2, 0.25) is 0 Å². The van der Waals surface area contributed by atoms with Crippen LogP contribution in [0.4, 0.5) is 0 Å². The average Bonchev–Trinajstić information content (AvgIpc) is 2.81. The first-order valence-electron chi connectivity index (χ1n) is 8.45. The fraction of sp³-hybridized carbons (Fsp3) is 0.579. The molecule has 0 amide bonds. The van der Waals surface area contributed by atoms with Gasteiger partial charge in [-0.15, -0.1) is 12.4 Å². The molecular weight excluding hydrogens is 278 g/mol. The maximum Gasteiger partial charge on any atom is 0.0458 e. The lowest BCUT2D eigenvalue weighted by atomic mass is 10.0. The molecule has 2 heteroatoms. The van der Waals surface area contributed by atoms with E-state index in [1.54, 1.807) is 5.56 Å². The number of nitrogens with one attached hydrogen (secondary N) is 1. The maximum absolute atomic E-state index is 3.65.